The molecule has 3 heteroatoms. The molecular weight excluding hydrogens is 190 g/mol. The van der Waals surface area contributed by atoms with Gasteiger partial charge in [-0.1, -0.05) is 6.07 Å². The van der Waals surface area contributed by atoms with E-state index in [1.807, 2.05) is 25.3 Å². The highest BCUT2D eigenvalue weighted by molar-refractivity contribution is 5.88. The fraction of sp³-hybridized carbons (Fsp3) is 0.333. The van der Waals surface area contributed by atoms with E-state index in [0.29, 0.717) is 5.75 Å². The summed E-state index contributed by atoms with van der Waals surface area (Å²) in [6.45, 7) is 3.45. The van der Waals surface area contributed by atoms with E-state index < -0.39 is 0 Å². The maximum atomic E-state index is 9.60. The Labute approximate surface area is 88.7 Å². The van der Waals surface area contributed by atoms with Crippen molar-refractivity contribution in [3.05, 3.63) is 30.0 Å². The molecule has 0 amide bonds. The summed E-state index contributed by atoms with van der Waals surface area (Å²) in [5.74, 6) is 0.325. The summed E-state index contributed by atoms with van der Waals surface area (Å²) >= 11 is 0. The van der Waals surface area contributed by atoms with Crippen LogP contribution in [0.2, 0.25) is 0 Å². The van der Waals surface area contributed by atoms with Gasteiger partial charge in [0.1, 0.15) is 5.75 Å². The van der Waals surface area contributed by atoms with Gasteiger partial charge < -0.3 is 14.8 Å². The summed E-state index contributed by atoms with van der Waals surface area (Å²) in [6, 6.07) is 5.56. The summed E-state index contributed by atoms with van der Waals surface area (Å²) in [5.41, 5.74) is 2.19. The smallest absolute Gasteiger partial charge is 0.124 e. The van der Waals surface area contributed by atoms with E-state index >= 15 is 0 Å². The Bertz CT molecular complexity index is 448. The first-order valence-corrected chi connectivity index (χ1v) is 5.18. The highest BCUT2D eigenvalue weighted by Crippen LogP contribution is 2.26. The number of aromatic amines is 1. The first kappa shape index (κ1) is 10.1. The highest BCUT2D eigenvalue weighted by atomic mass is 16.5. The van der Waals surface area contributed by atoms with Gasteiger partial charge in [0, 0.05) is 18.2 Å². The molecule has 80 valence electrons. The van der Waals surface area contributed by atoms with Gasteiger partial charge in [-0.15, -0.1) is 0 Å². The normalized spacial score (nSPS) is 11.0. The van der Waals surface area contributed by atoms with Crippen molar-refractivity contribution in [2.24, 2.45) is 0 Å². The number of nitrogens with one attached hydrogen (secondary N) is 1. The fourth-order valence-electron chi connectivity index (χ4n) is 1.74. The Morgan fingerprint density at radius 3 is 3.00 bits per heavy atom. The molecule has 2 aromatic rings. The van der Waals surface area contributed by atoms with E-state index in [9.17, 15) is 5.11 Å². The van der Waals surface area contributed by atoms with Crippen LogP contribution in [0.15, 0.2) is 24.4 Å². The van der Waals surface area contributed by atoms with E-state index in [1.54, 1.807) is 6.07 Å². The average molecular weight is 205 g/mol. The predicted octanol–water partition coefficient (Wildman–Crippen LogP) is 2.45. The van der Waals surface area contributed by atoms with E-state index in [4.69, 9.17) is 4.74 Å². The van der Waals surface area contributed by atoms with Crippen molar-refractivity contribution < 1.29 is 9.84 Å². The summed E-state index contributed by atoms with van der Waals surface area (Å²) in [7, 11) is 0. The number of fused-ring (bicyclic) bond motifs is 1. The van der Waals surface area contributed by atoms with Gasteiger partial charge in [-0.25, -0.2) is 0 Å². The lowest BCUT2D eigenvalue weighted by molar-refractivity contribution is 0.151. The van der Waals surface area contributed by atoms with Crippen LogP contribution in [-0.2, 0) is 11.2 Å². The molecule has 3 nitrogen and oxygen atoms in total. The molecular formula is C12H15NO2. The third-order valence-corrected chi connectivity index (χ3v) is 2.51. The molecule has 2 N–H and O–H groups in total. The number of rotatable bonds is 4. The molecule has 0 atom stereocenters. The Kier molecular flexibility index (Phi) is 2.92. The summed E-state index contributed by atoms with van der Waals surface area (Å²) < 4.78 is 5.32. The van der Waals surface area contributed by atoms with Crippen molar-refractivity contribution in [2.75, 3.05) is 13.2 Å². The van der Waals surface area contributed by atoms with Crippen molar-refractivity contribution in [1.29, 1.82) is 0 Å². The van der Waals surface area contributed by atoms with Gasteiger partial charge in [0.05, 0.1) is 12.1 Å². The zero-order chi connectivity index (χ0) is 10.7. The number of phenolic OH excluding ortho intramolecular Hbond substituents is 1. The Morgan fingerprint density at radius 1 is 1.33 bits per heavy atom. The lowest BCUT2D eigenvalue weighted by Crippen LogP contribution is -1.98. The van der Waals surface area contributed by atoms with Gasteiger partial charge in [0.2, 0.25) is 0 Å². The van der Waals surface area contributed by atoms with Crippen LogP contribution in [0.5, 0.6) is 5.75 Å². The maximum Gasteiger partial charge on any atom is 0.124 e. The van der Waals surface area contributed by atoms with Crippen LogP contribution < -0.4 is 0 Å². The SMILES string of the molecule is CCOCCc1ccc(O)c2cc[nH]c12. The number of H-pyrrole nitrogens is 1. The van der Waals surface area contributed by atoms with E-state index in [0.717, 1.165) is 30.5 Å². The number of phenols is 1. The third kappa shape index (κ3) is 1.97. The molecule has 0 bridgehead atoms. The van der Waals surface area contributed by atoms with Crippen LogP contribution in [0.25, 0.3) is 10.9 Å². The number of hydrogen-bond acceptors (Lipinski definition) is 2. The highest BCUT2D eigenvalue weighted by Gasteiger charge is 2.05. The standard InChI is InChI=1S/C12H15NO2/c1-2-15-8-6-9-3-4-11(14)10-5-7-13-12(9)10/h3-5,7,13-14H,2,6,8H2,1H3. The quantitative estimate of drug-likeness (QED) is 0.753. The molecule has 0 aliphatic rings. The molecule has 0 spiro atoms. The number of aromatic hydroxyl groups is 1. The van der Waals surface area contributed by atoms with E-state index in [-0.39, 0.29) is 0 Å². The summed E-state index contributed by atoms with van der Waals surface area (Å²) in [5, 5.41) is 10.5. The van der Waals surface area contributed by atoms with Gasteiger partial charge in [0.25, 0.3) is 0 Å². The van der Waals surface area contributed by atoms with Crippen molar-refractivity contribution in [2.45, 2.75) is 13.3 Å². The van der Waals surface area contributed by atoms with Crippen LogP contribution in [0.3, 0.4) is 0 Å². The zero-order valence-corrected chi connectivity index (χ0v) is 8.79. The molecule has 0 saturated heterocycles. The van der Waals surface area contributed by atoms with Crippen LogP contribution in [0.1, 0.15) is 12.5 Å². The van der Waals surface area contributed by atoms with Gasteiger partial charge in [-0.05, 0) is 31.0 Å². The van der Waals surface area contributed by atoms with Gasteiger partial charge >= 0.3 is 0 Å². The largest absolute Gasteiger partial charge is 0.507 e. The monoisotopic (exact) mass is 205 g/mol. The van der Waals surface area contributed by atoms with Gasteiger partial charge in [0.15, 0.2) is 0 Å². The van der Waals surface area contributed by atoms with Crippen LogP contribution >= 0.6 is 0 Å². The molecule has 0 fully saturated rings. The number of hydrogen-bond donors (Lipinski definition) is 2. The second-order valence-corrected chi connectivity index (χ2v) is 3.46. The molecule has 1 heterocycles. The molecule has 1 aromatic carbocycles. The molecule has 2 rings (SSSR count). The fourth-order valence-corrected chi connectivity index (χ4v) is 1.74. The molecule has 1 aromatic heterocycles. The average Bonchev–Trinajstić information content (AvgIpc) is 2.71. The van der Waals surface area contributed by atoms with E-state index in [2.05, 4.69) is 4.98 Å². The minimum absolute atomic E-state index is 0.325. The summed E-state index contributed by atoms with van der Waals surface area (Å²) in [6.07, 6.45) is 2.71. The first-order chi connectivity index (χ1) is 7.33. The van der Waals surface area contributed by atoms with Crippen molar-refractivity contribution >= 4 is 10.9 Å². The molecule has 0 aliphatic carbocycles. The molecule has 0 aliphatic heterocycles. The van der Waals surface area contributed by atoms with Crippen molar-refractivity contribution in [1.82, 2.24) is 4.98 Å². The summed E-state index contributed by atoms with van der Waals surface area (Å²) in [4.78, 5) is 3.14. The lowest BCUT2D eigenvalue weighted by atomic mass is 10.1. The third-order valence-electron chi connectivity index (χ3n) is 2.51. The molecule has 0 radical (unpaired) electrons. The minimum Gasteiger partial charge on any atom is -0.507 e. The van der Waals surface area contributed by atoms with Crippen LogP contribution in [0.4, 0.5) is 0 Å². The Hall–Kier alpha value is -1.48. The number of aromatic nitrogens is 1. The number of ether oxygens (including phenoxy) is 1. The molecule has 0 saturated carbocycles. The number of benzene rings is 1. The van der Waals surface area contributed by atoms with Crippen LogP contribution in [0, 0.1) is 0 Å². The van der Waals surface area contributed by atoms with Gasteiger partial charge in [-0.2, -0.15) is 0 Å². The zero-order valence-electron chi connectivity index (χ0n) is 8.79. The second kappa shape index (κ2) is 4.36. The van der Waals surface area contributed by atoms with E-state index in [1.165, 1.54) is 5.56 Å². The molecule has 15 heavy (non-hydrogen) atoms. The van der Waals surface area contributed by atoms with Gasteiger partial charge in [-0.3, -0.25) is 0 Å². The minimum atomic E-state index is 0.325. The van der Waals surface area contributed by atoms with Crippen LogP contribution in [-0.4, -0.2) is 23.3 Å². The maximum absolute atomic E-state index is 9.60. The lowest BCUT2D eigenvalue weighted by Gasteiger charge is -2.04. The van der Waals surface area contributed by atoms with Crippen molar-refractivity contribution in [3.63, 3.8) is 0 Å². The van der Waals surface area contributed by atoms with Crippen molar-refractivity contribution in [3.8, 4) is 5.75 Å². The Morgan fingerprint density at radius 2 is 2.20 bits per heavy atom. The predicted molar refractivity (Wildman–Crippen MR) is 60.2 cm³/mol. The second-order valence-electron chi connectivity index (χ2n) is 3.46. The molecule has 0 unspecified atom stereocenters. The topological polar surface area (TPSA) is 45.2 Å². The first-order valence-electron chi connectivity index (χ1n) is 5.18. The Balaban J connectivity index is 2.27.